The highest BCUT2D eigenvalue weighted by molar-refractivity contribution is 9.10. The summed E-state index contributed by atoms with van der Waals surface area (Å²) in [5.41, 5.74) is 7.43. The van der Waals surface area contributed by atoms with E-state index in [0.717, 1.165) is 35.3 Å². The minimum Gasteiger partial charge on any atom is -0.494 e. The Kier molecular flexibility index (Phi) is 29.6. The summed E-state index contributed by atoms with van der Waals surface area (Å²) < 4.78 is 164. The van der Waals surface area contributed by atoms with Crippen LogP contribution in [0.25, 0.3) is 0 Å². The van der Waals surface area contributed by atoms with E-state index in [9.17, 15) is 49.8 Å². The molecular formula is C74H94BrF3N8O20S2. The number of nitrogens with one attached hydrogen (secondary N) is 3. The number of sulfonamides is 2. The van der Waals surface area contributed by atoms with Crippen LogP contribution in [-0.2, 0) is 67.5 Å². The number of nitrogens with zero attached hydrogens (tertiary/aromatic N) is 4. The predicted octanol–water partition coefficient (Wildman–Crippen LogP) is 9.22. The van der Waals surface area contributed by atoms with Gasteiger partial charge in [-0.3, -0.25) is 0 Å². The van der Waals surface area contributed by atoms with Crippen LogP contribution < -0.4 is 50.1 Å². The lowest BCUT2D eigenvalue weighted by Gasteiger charge is -2.31. The number of ether oxygens (including phenoxy) is 12. The molecule has 0 saturated carbocycles. The Morgan fingerprint density at radius 3 is 1.50 bits per heavy atom. The van der Waals surface area contributed by atoms with Crippen molar-refractivity contribution in [2.45, 2.75) is 138 Å². The maximum absolute atomic E-state index is 13.9. The summed E-state index contributed by atoms with van der Waals surface area (Å²) in [6, 6.07) is 27.4. The second-order valence-corrected chi connectivity index (χ2v) is 32.1. The summed E-state index contributed by atoms with van der Waals surface area (Å²) in [5.74, 6) is 2.77. The molecule has 0 unspecified atom stereocenters. The molecule has 4 fully saturated rings. The summed E-state index contributed by atoms with van der Waals surface area (Å²) in [6.07, 6.45) is -4.86. The van der Waals surface area contributed by atoms with Crippen molar-refractivity contribution < 1.29 is 107 Å². The molecule has 12 rings (SSSR count). The molecule has 0 spiro atoms. The Labute approximate surface area is 634 Å². The zero-order chi connectivity index (χ0) is 77.1. The van der Waals surface area contributed by atoms with Crippen LogP contribution in [0.4, 0.5) is 28.6 Å². The number of hydrogen-bond acceptors (Lipinski definition) is 24. The highest BCUT2D eigenvalue weighted by atomic mass is 79.9. The number of benzene rings is 4. The van der Waals surface area contributed by atoms with Crippen LogP contribution >= 0.6 is 15.9 Å². The molecule has 590 valence electrons. The van der Waals surface area contributed by atoms with E-state index in [0.29, 0.717) is 98.2 Å². The first-order valence-electron chi connectivity index (χ1n) is 35.7. The number of hydrogen-bond donors (Lipinski definition) is 6. The lowest BCUT2D eigenvalue weighted by Crippen LogP contribution is -2.51. The van der Waals surface area contributed by atoms with E-state index in [4.69, 9.17) is 62.6 Å². The van der Waals surface area contributed by atoms with Crippen molar-refractivity contribution in [2.24, 2.45) is 29.4 Å². The van der Waals surface area contributed by atoms with E-state index >= 15 is 0 Å². The van der Waals surface area contributed by atoms with E-state index in [-0.39, 0.29) is 106 Å². The van der Waals surface area contributed by atoms with E-state index in [1.807, 2.05) is 65.1 Å². The quantitative estimate of drug-likeness (QED) is 0.0169. The SMILES string of the molecule is CC(C)CN(C[C@@H](O)[C@H](Cc1ccc(OCCCN)cc1)NC(=O)O[C@@H]1CO[C@H]2OCC[C@H]21)S(=O)(=O)c1ccc2c(c1)OCO2.CC(C)CN(C[C@@H](O)[C@H](Cc1ccc(OCCCNc2ccc(C(F)(F)F)cn2)cc1)NC(=O)O[C@@H]1CO[C@H]2OCC[C@H]21)S(=O)(=O)c1ccc2c(c1)OCO2.Cc1ccc(Br)nc1. The highest BCUT2D eigenvalue weighted by Gasteiger charge is 2.46. The molecule has 2 amide bonds. The van der Waals surface area contributed by atoms with Gasteiger partial charge in [-0.25, -0.2) is 36.4 Å². The number of aliphatic hydroxyl groups is 2. The molecule has 6 aliphatic heterocycles. The lowest BCUT2D eigenvalue weighted by molar-refractivity contribution is -0.137. The van der Waals surface area contributed by atoms with Gasteiger partial charge in [0.25, 0.3) is 0 Å². The second kappa shape index (κ2) is 38.7. The van der Waals surface area contributed by atoms with Crippen LogP contribution in [0.1, 0.15) is 75.6 Å². The largest absolute Gasteiger partial charge is 0.494 e. The number of aromatic nitrogens is 2. The van der Waals surface area contributed by atoms with E-state index in [1.54, 1.807) is 42.5 Å². The number of pyridine rings is 2. The predicted molar refractivity (Wildman–Crippen MR) is 390 cm³/mol. The van der Waals surface area contributed by atoms with Gasteiger partial charge in [-0.2, -0.15) is 21.8 Å². The Morgan fingerprint density at radius 1 is 0.611 bits per heavy atom. The maximum atomic E-state index is 13.9. The van der Waals surface area contributed by atoms with Gasteiger partial charge in [-0.05, 0) is 163 Å². The number of rotatable bonds is 32. The topological polar surface area (TPSA) is 348 Å². The molecule has 0 aliphatic carbocycles. The summed E-state index contributed by atoms with van der Waals surface area (Å²) in [7, 11) is -8.17. The van der Waals surface area contributed by atoms with Gasteiger partial charge in [0.1, 0.15) is 34.1 Å². The third-order valence-corrected chi connectivity index (χ3v) is 22.3. The van der Waals surface area contributed by atoms with Gasteiger partial charge in [0.05, 0.1) is 91.1 Å². The van der Waals surface area contributed by atoms with Crippen molar-refractivity contribution in [3.8, 4) is 34.5 Å². The molecule has 34 heteroatoms. The molecule has 108 heavy (non-hydrogen) atoms. The number of alkyl carbamates (subject to hydrolysis) is 2. The Balaban J connectivity index is 0.000000212. The minimum absolute atomic E-state index is 0.0128. The number of aliphatic hydroxyl groups excluding tert-OH is 2. The number of fused-ring (bicyclic) bond motifs is 4. The van der Waals surface area contributed by atoms with Crippen LogP contribution in [0.5, 0.6) is 34.5 Å². The van der Waals surface area contributed by atoms with Crippen molar-refractivity contribution in [3.05, 3.63) is 148 Å². The number of alkyl halides is 3. The molecule has 4 saturated heterocycles. The van der Waals surface area contributed by atoms with Crippen molar-refractivity contribution in [3.63, 3.8) is 0 Å². The third-order valence-electron chi connectivity index (χ3n) is 18.1. The van der Waals surface area contributed by atoms with Crippen LogP contribution in [0.3, 0.4) is 0 Å². The molecule has 6 aliphatic rings. The fraction of sp³-hybridized carbons (Fsp3) is 0.514. The number of carbonyl (C=O) groups is 2. The Bertz CT molecular complexity index is 4090. The van der Waals surface area contributed by atoms with Gasteiger partial charge < -0.3 is 88.7 Å². The van der Waals surface area contributed by atoms with Gasteiger partial charge in [-0.1, -0.05) is 58.0 Å². The van der Waals surface area contributed by atoms with Crippen LogP contribution in [0.15, 0.2) is 136 Å². The molecule has 2 aromatic heterocycles. The van der Waals surface area contributed by atoms with Gasteiger partial charge in [0, 0.05) is 57.3 Å². The molecule has 0 bridgehead atoms. The number of carbonyl (C=O) groups excluding carboxylic acids is 2. The first-order valence-corrected chi connectivity index (χ1v) is 39.4. The number of anilines is 1. The van der Waals surface area contributed by atoms with Gasteiger partial charge in [-0.15, -0.1) is 0 Å². The molecule has 0 radical (unpaired) electrons. The number of nitrogens with two attached hydrogens (primary N) is 1. The zero-order valence-electron chi connectivity index (χ0n) is 60.6. The van der Waals surface area contributed by atoms with Gasteiger partial charge >= 0.3 is 18.4 Å². The van der Waals surface area contributed by atoms with Crippen LogP contribution in [0.2, 0.25) is 0 Å². The molecule has 10 atom stereocenters. The summed E-state index contributed by atoms with van der Waals surface area (Å²) >= 11 is 3.23. The van der Waals surface area contributed by atoms with E-state index in [2.05, 4.69) is 41.8 Å². The van der Waals surface area contributed by atoms with Crippen molar-refractivity contribution >= 4 is 54.0 Å². The van der Waals surface area contributed by atoms with Gasteiger partial charge in [0.15, 0.2) is 35.6 Å². The average molecular weight is 1620 g/mol. The van der Waals surface area contributed by atoms with E-state index in [1.165, 1.54) is 50.6 Å². The number of aryl methyl sites for hydroxylation is 1. The van der Waals surface area contributed by atoms with Gasteiger partial charge in [0.2, 0.25) is 33.6 Å². The lowest BCUT2D eigenvalue weighted by atomic mass is 10.0. The van der Waals surface area contributed by atoms with Crippen molar-refractivity contribution in [2.75, 3.05) is 97.8 Å². The molecular weight excluding hydrogens is 1520 g/mol. The molecule has 6 aromatic rings. The molecule has 4 aromatic carbocycles. The average Bonchev–Trinajstić information content (AvgIpc) is 1.52. The molecule has 28 nitrogen and oxygen atoms in total. The Hall–Kier alpha value is -7.87. The van der Waals surface area contributed by atoms with Crippen molar-refractivity contribution in [1.29, 1.82) is 0 Å². The number of halogens is 4. The summed E-state index contributed by atoms with van der Waals surface area (Å²) in [4.78, 5) is 34.2. The standard InChI is InChI=1S/C37H45F3N4O10S.C31H43N3O10S.C6H6BrN/c1-23(2)19-44(55(47,48)27-9-10-31-32(17-27)53-22-52-31)20-30(45)29(43-36(46)54-33-21-51-35-28(33)12-15-50-35)16-24-4-7-26(8-5-24)49-14-3-13-41-34-11-6-25(18-42-34)37(38,39)40;1-20(2)16-34(45(37,38)23-8-9-27-28(15-23)43-19-42-27)17-26(35)25(14-21-4-6-22(7-5-21)39-12-3-11-32)33-31(36)44-29-18-41-30-24(29)10-13-40-30;1-5-2-3-6(7)8-4-5/h4-11,17-18,23,28-30,33,35,45H,3,12-16,19-22H2,1-2H3,(H,41,42)(H,43,46);4-9,15,20,24-26,29-30,35H,3,10-14,16-19,32H2,1-2H3,(H,33,36);2-4H,1H3/t28-,29-,30+,33+,35+;24-,25-,26+,29+,30+;/m00./s1. The van der Waals surface area contributed by atoms with Crippen LogP contribution in [-0.4, -0.2) is 199 Å². The summed E-state index contributed by atoms with van der Waals surface area (Å²) in [5, 5.41) is 31.8. The van der Waals surface area contributed by atoms with Crippen molar-refractivity contribution in [1.82, 2.24) is 29.2 Å². The Morgan fingerprint density at radius 2 is 1.08 bits per heavy atom. The number of amides is 2. The zero-order valence-corrected chi connectivity index (χ0v) is 63.8. The smallest absolute Gasteiger partial charge is 0.417 e. The first kappa shape index (κ1) is 82.6. The first-order chi connectivity index (χ1) is 51.7. The monoisotopic (exact) mass is 1610 g/mol. The fourth-order valence-corrected chi connectivity index (χ4v) is 16.0. The highest BCUT2D eigenvalue weighted by Crippen LogP contribution is 2.39. The van der Waals surface area contributed by atoms with Crippen LogP contribution in [0, 0.1) is 30.6 Å². The molecule has 8 heterocycles. The maximum Gasteiger partial charge on any atom is 0.417 e. The fourth-order valence-electron chi connectivity index (χ4n) is 12.5. The van der Waals surface area contributed by atoms with E-state index < -0.39 is 86.8 Å². The molecule has 7 N–H and O–H groups in total. The third kappa shape index (κ3) is 23.3. The minimum atomic E-state index is -4.45. The second-order valence-electron chi connectivity index (χ2n) is 27.4. The normalized spacial score (nSPS) is 20.2. The summed E-state index contributed by atoms with van der Waals surface area (Å²) in [6.45, 7) is 12.3.